The summed E-state index contributed by atoms with van der Waals surface area (Å²) in [5, 5.41) is 3.58. The first-order chi connectivity index (χ1) is 9.79. The molecule has 1 nitrogen and oxygen atoms in total. The molecule has 1 aromatic rings. The van der Waals surface area contributed by atoms with Gasteiger partial charge in [0.2, 0.25) is 0 Å². The molecule has 1 N–H and O–H groups in total. The number of aryl methyl sites for hydroxylation is 2. The van der Waals surface area contributed by atoms with Crippen molar-refractivity contribution in [3.05, 3.63) is 29.3 Å². The van der Waals surface area contributed by atoms with E-state index in [-0.39, 0.29) is 0 Å². The molecule has 1 unspecified atom stereocenters. The first-order valence-corrected chi connectivity index (χ1v) is 8.68. The Bertz CT molecular complexity index is 397. The maximum absolute atomic E-state index is 3.58. The summed E-state index contributed by atoms with van der Waals surface area (Å²) < 4.78 is 0. The van der Waals surface area contributed by atoms with E-state index in [1.165, 1.54) is 81.0 Å². The average molecular weight is 273 g/mol. The van der Waals surface area contributed by atoms with Gasteiger partial charge in [0.25, 0.3) is 0 Å². The van der Waals surface area contributed by atoms with Crippen LogP contribution in [0.5, 0.6) is 0 Å². The Balaban J connectivity index is 1.69. The van der Waals surface area contributed by atoms with Gasteiger partial charge in [-0.3, -0.25) is 0 Å². The molecule has 0 aliphatic carbocycles. The van der Waals surface area contributed by atoms with Gasteiger partial charge in [-0.2, -0.15) is 0 Å². The number of anilines is 1. The molecule has 1 aliphatic heterocycles. The molecule has 2 rings (SSSR count). The van der Waals surface area contributed by atoms with Crippen LogP contribution in [-0.2, 0) is 12.8 Å². The second-order valence-electron chi connectivity index (χ2n) is 6.45. The summed E-state index contributed by atoms with van der Waals surface area (Å²) in [5.74, 6) is 0. The van der Waals surface area contributed by atoms with Gasteiger partial charge in [0, 0.05) is 11.7 Å². The molecule has 1 atom stereocenters. The van der Waals surface area contributed by atoms with Crippen LogP contribution in [0.2, 0.25) is 0 Å². The van der Waals surface area contributed by atoms with Crippen molar-refractivity contribution in [1.82, 2.24) is 0 Å². The van der Waals surface area contributed by atoms with Gasteiger partial charge in [0.1, 0.15) is 0 Å². The minimum absolute atomic E-state index is 0.636. The molecule has 1 heterocycles. The predicted octanol–water partition coefficient (Wildman–Crippen LogP) is 5.73. The van der Waals surface area contributed by atoms with E-state index in [9.17, 15) is 0 Å². The van der Waals surface area contributed by atoms with E-state index in [0.717, 1.165) is 0 Å². The van der Waals surface area contributed by atoms with Crippen molar-refractivity contribution in [1.29, 1.82) is 0 Å². The molecule has 20 heavy (non-hydrogen) atoms. The molecule has 1 aliphatic rings. The summed E-state index contributed by atoms with van der Waals surface area (Å²) in [4.78, 5) is 0. The lowest BCUT2D eigenvalue weighted by Gasteiger charge is -2.24. The second-order valence-corrected chi connectivity index (χ2v) is 6.45. The lowest BCUT2D eigenvalue weighted by atomic mass is 9.95. The Morgan fingerprint density at radius 1 is 1.05 bits per heavy atom. The van der Waals surface area contributed by atoms with Crippen LogP contribution < -0.4 is 5.32 Å². The molecule has 0 aromatic heterocycles. The highest BCUT2D eigenvalue weighted by atomic mass is 14.9. The molecular weight excluding hydrogens is 242 g/mol. The minimum Gasteiger partial charge on any atom is -0.382 e. The summed E-state index contributed by atoms with van der Waals surface area (Å²) in [7, 11) is 0. The van der Waals surface area contributed by atoms with Crippen LogP contribution in [0, 0.1) is 0 Å². The fourth-order valence-electron chi connectivity index (χ4n) is 3.15. The van der Waals surface area contributed by atoms with E-state index in [2.05, 4.69) is 37.4 Å². The minimum atomic E-state index is 0.636. The quantitative estimate of drug-likeness (QED) is 0.597. The van der Waals surface area contributed by atoms with Gasteiger partial charge in [-0.15, -0.1) is 0 Å². The van der Waals surface area contributed by atoms with Gasteiger partial charge in [-0.25, -0.2) is 0 Å². The highest BCUT2D eigenvalue weighted by molar-refractivity contribution is 5.55. The van der Waals surface area contributed by atoms with E-state index in [4.69, 9.17) is 0 Å². The number of fused-ring (bicyclic) bond motifs is 1. The molecule has 112 valence electrons. The maximum Gasteiger partial charge on any atom is 0.0374 e. The molecule has 1 heteroatoms. The maximum atomic E-state index is 3.58. The summed E-state index contributed by atoms with van der Waals surface area (Å²) >= 11 is 0. The van der Waals surface area contributed by atoms with Crippen LogP contribution >= 0.6 is 0 Å². The Labute approximate surface area is 125 Å². The Morgan fingerprint density at radius 3 is 2.60 bits per heavy atom. The van der Waals surface area contributed by atoms with Gasteiger partial charge in [-0.05, 0) is 49.8 Å². The summed E-state index contributed by atoms with van der Waals surface area (Å²) in [6.07, 6.45) is 13.6. The monoisotopic (exact) mass is 273 g/mol. The second kappa shape index (κ2) is 8.34. The van der Waals surface area contributed by atoms with Gasteiger partial charge in [0.05, 0.1) is 0 Å². The van der Waals surface area contributed by atoms with Crippen molar-refractivity contribution < 1.29 is 0 Å². The highest BCUT2D eigenvalue weighted by Gasteiger charge is 2.13. The smallest absolute Gasteiger partial charge is 0.0374 e. The molecule has 0 fully saturated rings. The van der Waals surface area contributed by atoms with Gasteiger partial charge < -0.3 is 5.32 Å². The van der Waals surface area contributed by atoms with Crippen LogP contribution in [0.25, 0.3) is 0 Å². The van der Waals surface area contributed by atoms with Crippen LogP contribution in [0.4, 0.5) is 5.69 Å². The molecular formula is C19H31N. The van der Waals surface area contributed by atoms with Crippen molar-refractivity contribution in [2.75, 3.05) is 5.32 Å². The number of hydrogen-bond donors (Lipinski definition) is 1. The third-order valence-corrected chi connectivity index (χ3v) is 4.49. The molecule has 0 saturated carbocycles. The lowest BCUT2D eigenvalue weighted by molar-refractivity contribution is 0.589. The number of hydrogen-bond acceptors (Lipinski definition) is 1. The number of unbranched alkanes of at least 4 members (excludes halogenated alkanes) is 6. The predicted molar refractivity (Wildman–Crippen MR) is 89.5 cm³/mol. The van der Waals surface area contributed by atoms with Crippen LogP contribution in [0.3, 0.4) is 0 Å². The zero-order valence-corrected chi connectivity index (χ0v) is 13.4. The van der Waals surface area contributed by atoms with Gasteiger partial charge in [-0.1, -0.05) is 57.6 Å². The molecule has 0 radical (unpaired) electrons. The van der Waals surface area contributed by atoms with Crippen molar-refractivity contribution in [3.63, 3.8) is 0 Å². The lowest BCUT2D eigenvalue weighted by Crippen LogP contribution is -2.21. The molecule has 0 amide bonds. The zero-order chi connectivity index (χ0) is 14.2. The highest BCUT2D eigenvalue weighted by Crippen LogP contribution is 2.26. The molecule has 0 saturated heterocycles. The number of benzene rings is 1. The van der Waals surface area contributed by atoms with E-state index < -0.39 is 0 Å². The van der Waals surface area contributed by atoms with Gasteiger partial charge in [0.15, 0.2) is 0 Å². The van der Waals surface area contributed by atoms with E-state index in [1.807, 2.05) is 0 Å². The van der Waals surface area contributed by atoms with Crippen molar-refractivity contribution in [2.45, 2.75) is 84.1 Å². The summed E-state index contributed by atoms with van der Waals surface area (Å²) in [6.45, 7) is 4.56. The standard InChI is InChI=1S/C19H31N/c1-3-4-5-6-7-8-9-10-17-12-14-19-18(15-17)13-11-16(2)20-19/h12,14-16,20H,3-11,13H2,1-2H3. The van der Waals surface area contributed by atoms with Crippen molar-refractivity contribution >= 4 is 5.69 Å². The van der Waals surface area contributed by atoms with Crippen LogP contribution in [0.1, 0.15) is 76.3 Å². The Kier molecular flexibility index (Phi) is 6.42. The molecule has 1 aromatic carbocycles. The fourth-order valence-corrected chi connectivity index (χ4v) is 3.15. The van der Waals surface area contributed by atoms with E-state index in [1.54, 1.807) is 0 Å². The molecule has 0 bridgehead atoms. The fraction of sp³-hybridized carbons (Fsp3) is 0.684. The van der Waals surface area contributed by atoms with Crippen LogP contribution in [-0.4, -0.2) is 6.04 Å². The average Bonchev–Trinajstić information content (AvgIpc) is 2.46. The third kappa shape index (κ3) is 4.85. The van der Waals surface area contributed by atoms with Gasteiger partial charge >= 0.3 is 0 Å². The first-order valence-electron chi connectivity index (χ1n) is 8.68. The SMILES string of the molecule is CCCCCCCCCc1ccc2c(c1)CCC(C)N2. The normalized spacial score (nSPS) is 17.6. The first kappa shape index (κ1) is 15.4. The number of nitrogens with one attached hydrogen (secondary N) is 1. The van der Waals surface area contributed by atoms with E-state index >= 15 is 0 Å². The van der Waals surface area contributed by atoms with Crippen LogP contribution in [0.15, 0.2) is 18.2 Å². The summed E-state index contributed by atoms with van der Waals surface area (Å²) in [5.41, 5.74) is 4.43. The van der Waals surface area contributed by atoms with E-state index in [0.29, 0.717) is 6.04 Å². The van der Waals surface area contributed by atoms with Crippen molar-refractivity contribution in [2.24, 2.45) is 0 Å². The van der Waals surface area contributed by atoms with Crippen molar-refractivity contribution in [3.8, 4) is 0 Å². The third-order valence-electron chi connectivity index (χ3n) is 4.49. The Morgan fingerprint density at radius 2 is 1.80 bits per heavy atom. The zero-order valence-electron chi connectivity index (χ0n) is 13.4. The number of rotatable bonds is 8. The largest absolute Gasteiger partial charge is 0.382 e. The molecule has 0 spiro atoms. The topological polar surface area (TPSA) is 12.0 Å². The Hall–Kier alpha value is -0.980. The summed E-state index contributed by atoms with van der Waals surface area (Å²) in [6, 6.07) is 7.69.